The van der Waals surface area contributed by atoms with Crippen LogP contribution in [0.4, 0.5) is 5.82 Å². The van der Waals surface area contributed by atoms with Crippen LogP contribution in [-0.2, 0) is 18.4 Å². The molecule has 0 saturated carbocycles. The fourth-order valence-corrected chi connectivity index (χ4v) is 3.95. The summed E-state index contributed by atoms with van der Waals surface area (Å²) in [5.74, 6) is -0.519. The Bertz CT molecular complexity index is 1170. The monoisotopic (exact) mass is 411 g/mol. The smallest absolute Gasteiger partial charge is 0.408 e. The highest BCUT2D eigenvalue weighted by atomic mass is 16.4. The SMILES string of the molecule is CCn1ccc(NC(=O)[C@@]2(C)CCCCN2C(=O)c2ccc3oc(=O)n(C)c3c2)n1. The Morgan fingerprint density at radius 3 is 2.80 bits per heavy atom. The van der Waals surface area contributed by atoms with Crippen LogP contribution >= 0.6 is 0 Å². The van der Waals surface area contributed by atoms with Crippen molar-refractivity contribution < 1.29 is 14.0 Å². The van der Waals surface area contributed by atoms with Gasteiger partial charge in [0.1, 0.15) is 5.54 Å². The molecule has 1 aromatic carbocycles. The molecular formula is C21H25N5O4. The molecule has 9 heteroatoms. The lowest BCUT2D eigenvalue weighted by Gasteiger charge is -2.43. The van der Waals surface area contributed by atoms with Crippen molar-refractivity contribution >= 4 is 28.7 Å². The normalized spacial score (nSPS) is 19.2. The summed E-state index contributed by atoms with van der Waals surface area (Å²) in [5, 5.41) is 7.17. The number of amides is 2. The minimum absolute atomic E-state index is 0.248. The maximum atomic E-state index is 13.4. The Balaban J connectivity index is 1.63. The first-order valence-corrected chi connectivity index (χ1v) is 10.1. The second-order valence-corrected chi connectivity index (χ2v) is 7.81. The lowest BCUT2D eigenvalue weighted by atomic mass is 9.86. The first-order chi connectivity index (χ1) is 14.3. The second kappa shape index (κ2) is 7.47. The predicted octanol–water partition coefficient (Wildman–Crippen LogP) is 2.37. The number of benzene rings is 1. The number of aromatic nitrogens is 3. The minimum Gasteiger partial charge on any atom is -0.408 e. The quantitative estimate of drug-likeness (QED) is 0.710. The van der Waals surface area contributed by atoms with Crippen LogP contribution in [0.3, 0.4) is 0 Å². The Hall–Kier alpha value is -3.36. The minimum atomic E-state index is -0.997. The molecule has 0 aliphatic carbocycles. The number of fused-ring (bicyclic) bond motifs is 1. The fourth-order valence-electron chi connectivity index (χ4n) is 3.95. The van der Waals surface area contributed by atoms with Crippen LogP contribution in [0.2, 0.25) is 0 Å². The number of anilines is 1. The van der Waals surface area contributed by atoms with Gasteiger partial charge in [-0.3, -0.25) is 18.8 Å². The number of oxazole rings is 1. The van der Waals surface area contributed by atoms with Crippen LogP contribution in [-0.4, -0.2) is 43.1 Å². The van der Waals surface area contributed by atoms with Crippen LogP contribution in [0.5, 0.6) is 0 Å². The first kappa shape index (κ1) is 19.9. The molecule has 1 aliphatic heterocycles. The molecule has 1 fully saturated rings. The van der Waals surface area contributed by atoms with E-state index in [0.29, 0.717) is 42.0 Å². The molecule has 1 saturated heterocycles. The van der Waals surface area contributed by atoms with E-state index in [-0.39, 0.29) is 11.8 Å². The van der Waals surface area contributed by atoms with Gasteiger partial charge in [0.2, 0.25) is 0 Å². The van der Waals surface area contributed by atoms with Gasteiger partial charge in [-0.15, -0.1) is 0 Å². The van der Waals surface area contributed by atoms with E-state index in [1.165, 1.54) is 4.57 Å². The van der Waals surface area contributed by atoms with Crippen LogP contribution in [0.25, 0.3) is 11.1 Å². The molecule has 1 atom stereocenters. The lowest BCUT2D eigenvalue weighted by molar-refractivity contribution is -0.127. The van der Waals surface area contributed by atoms with Crippen LogP contribution < -0.4 is 11.1 Å². The van der Waals surface area contributed by atoms with E-state index < -0.39 is 11.3 Å². The van der Waals surface area contributed by atoms with Crippen molar-refractivity contribution in [1.82, 2.24) is 19.2 Å². The van der Waals surface area contributed by atoms with E-state index in [1.807, 2.05) is 6.92 Å². The highest BCUT2D eigenvalue weighted by Gasteiger charge is 2.44. The third-order valence-corrected chi connectivity index (χ3v) is 5.87. The Morgan fingerprint density at radius 1 is 1.27 bits per heavy atom. The summed E-state index contributed by atoms with van der Waals surface area (Å²) in [6, 6.07) is 6.62. The maximum Gasteiger partial charge on any atom is 0.419 e. The van der Waals surface area contributed by atoms with Gasteiger partial charge in [-0.25, -0.2) is 4.79 Å². The van der Waals surface area contributed by atoms with Crippen LogP contribution in [0.1, 0.15) is 43.5 Å². The Morgan fingerprint density at radius 2 is 2.07 bits per heavy atom. The number of carbonyl (C=O) groups is 2. The number of piperidine rings is 1. The van der Waals surface area contributed by atoms with Crippen LogP contribution in [0.15, 0.2) is 39.7 Å². The molecule has 2 aromatic heterocycles. The Labute approximate surface area is 173 Å². The highest BCUT2D eigenvalue weighted by Crippen LogP contribution is 2.31. The molecule has 3 heterocycles. The summed E-state index contributed by atoms with van der Waals surface area (Å²) in [6.07, 6.45) is 4.04. The van der Waals surface area contributed by atoms with E-state index in [9.17, 15) is 14.4 Å². The zero-order valence-electron chi connectivity index (χ0n) is 17.3. The van der Waals surface area contributed by atoms with Gasteiger partial charge >= 0.3 is 5.76 Å². The number of nitrogens with one attached hydrogen (secondary N) is 1. The molecule has 0 bridgehead atoms. The molecule has 1 aliphatic rings. The molecule has 1 N–H and O–H groups in total. The first-order valence-electron chi connectivity index (χ1n) is 10.1. The van der Waals surface area contributed by atoms with E-state index >= 15 is 0 Å². The largest absolute Gasteiger partial charge is 0.419 e. The van der Waals surface area contributed by atoms with Gasteiger partial charge in [0.25, 0.3) is 11.8 Å². The van der Waals surface area contributed by atoms with Gasteiger partial charge < -0.3 is 14.6 Å². The van der Waals surface area contributed by atoms with Gasteiger partial charge in [-0.05, 0) is 51.3 Å². The molecular weight excluding hydrogens is 386 g/mol. The Kier molecular flexibility index (Phi) is 4.97. The number of carbonyl (C=O) groups excluding carboxylic acids is 2. The zero-order valence-corrected chi connectivity index (χ0v) is 17.3. The number of hydrogen-bond acceptors (Lipinski definition) is 5. The summed E-state index contributed by atoms with van der Waals surface area (Å²) in [5.41, 5.74) is 0.377. The predicted molar refractivity (Wildman–Crippen MR) is 111 cm³/mol. The summed E-state index contributed by atoms with van der Waals surface area (Å²) in [6.45, 7) is 4.95. The topological polar surface area (TPSA) is 102 Å². The van der Waals surface area contributed by atoms with Gasteiger partial charge in [-0.1, -0.05) is 0 Å². The van der Waals surface area contributed by atoms with Crippen molar-refractivity contribution in [2.24, 2.45) is 7.05 Å². The average Bonchev–Trinajstić information content (AvgIpc) is 3.31. The molecule has 9 nitrogen and oxygen atoms in total. The molecule has 4 rings (SSSR count). The molecule has 0 spiro atoms. The van der Waals surface area contributed by atoms with E-state index in [0.717, 1.165) is 12.8 Å². The van der Waals surface area contributed by atoms with Crippen molar-refractivity contribution in [3.8, 4) is 0 Å². The molecule has 2 amide bonds. The molecule has 30 heavy (non-hydrogen) atoms. The third kappa shape index (κ3) is 3.30. The summed E-state index contributed by atoms with van der Waals surface area (Å²) in [7, 11) is 1.59. The summed E-state index contributed by atoms with van der Waals surface area (Å²) < 4.78 is 8.23. The van der Waals surface area contributed by atoms with Gasteiger partial charge in [0.05, 0.1) is 5.52 Å². The number of rotatable bonds is 4. The zero-order chi connectivity index (χ0) is 21.5. The molecule has 158 valence electrons. The lowest BCUT2D eigenvalue weighted by Crippen LogP contribution is -2.59. The summed E-state index contributed by atoms with van der Waals surface area (Å²) >= 11 is 0. The maximum absolute atomic E-state index is 13.4. The van der Waals surface area contributed by atoms with Crippen LogP contribution in [0, 0.1) is 0 Å². The van der Waals surface area contributed by atoms with Crippen molar-refractivity contribution in [3.63, 3.8) is 0 Å². The highest BCUT2D eigenvalue weighted by molar-refractivity contribution is 6.04. The van der Waals surface area contributed by atoms with E-state index in [1.54, 1.807) is 54.0 Å². The van der Waals surface area contributed by atoms with Crippen molar-refractivity contribution in [3.05, 3.63) is 46.6 Å². The van der Waals surface area contributed by atoms with Gasteiger partial charge in [-0.2, -0.15) is 5.10 Å². The fraction of sp³-hybridized carbons (Fsp3) is 0.429. The van der Waals surface area contributed by atoms with Gasteiger partial charge in [0.15, 0.2) is 11.4 Å². The number of hydrogen-bond donors (Lipinski definition) is 1. The van der Waals surface area contributed by atoms with E-state index in [2.05, 4.69) is 10.4 Å². The summed E-state index contributed by atoms with van der Waals surface area (Å²) in [4.78, 5) is 40.0. The average molecular weight is 411 g/mol. The van der Waals surface area contributed by atoms with Crippen molar-refractivity contribution in [2.45, 2.75) is 45.2 Å². The number of likely N-dealkylation sites (tertiary alicyclic amines) is 1. The van der Waals surface area contributed by atoms with Crippen molar-refractivity contribution in [2.75, 3.05) is 11.9 Å². The molecule has 3 aromatic rings. The van der Waals surface area contributed by atoms with Crippen molar-refractivity contribution in [1.29, 1.82) is 0 Å². The number of nitrogens with zero attached hydrogens (tertiary/aromatic N) is 4. The number of aryl methyl sites for hydroxylation is 2. The third-order valence-electron chi connectivity index (χ3n) is 5.87. The van der Waals surface area contributed by atoms with Gasteiger partial charge in [0, 0.05) is 38.0 Å². The second-order valence-electron chi connectivity index (χ2n) is 7.81. The standard InChI is InChI=1S/C21H25N5O4/c1-4-25-12-9-17(23-25)22-19(28)21(2)10-5-6-11-26(21)18(27)14-7-8-16-15(13-14)24(3)20(29)30-16/h7-9,12-13H,4-6,10-11H2,1-3H3,(H,22,23,28)/t21-/m1/s1. The molecule has 0 radical (unpaired) electrons. The molecule has 0 unspecified atom stereocenters. The van der Waals surface area contributed by atoms with E-state index in [4.69, 9.17) is 4.42 Å².